The van der Waals surface area contributed by atoms with Crippen LogP contribution in [0.15, 0.2) is 74.4 Å². The highest BCUT2D eigenvalue weighted by molar-refractivity contribution is 9.12. The molecular formula is C32H44BrN3O4. The molecule has 0 saturated heterocycles. The quantitative estimate of drug-likeness (QED) is 0.175. The molecule has 2 rings (SSSR count). The normalized spacial score (nSPS) is 13.4. The van der Waals surface area contributed by atoms with Crippen molar-refractivity contribution in [3.8, 4) is 17.2 Å². The van der Waals surface area contributed by atoms with E-state index < -0.39 is 0 Å². The van der Waals surface area contributed by atoms with E-state index in [2.05, 4.69) is 40.1 Å². The van der Waals surface area contributed by atoms with E-state index in [1.807, 2.05) is 38.1 Å². The predicted octanol–water partition coefficient (Wildman–Crippen LogP) is 7.45. The lowest BCUT2D eigenvalue weighted by molar-refractivity contribution is -0.116. The maximum absolute atomic E-state index is 10.7. The minimum atomic E-state index is -0.0369. The maximum Gasteiger partial charge on any atom is 0.134 e. The maximum atomic E-state index is 10.7. The molecule has 40 heavy (non-hydrogen) atoms. The van der Waals surface area contributed by atoms with E-state index >= 15 is 0 Å². The lowest BCUT2D eigenvalue weighted by Crippen LogP contribution is -2.21. The fourth-order valence-corrected chi connectivity index (χ4v) is 4.07. The van der Waals surface area contributed by atoms with Gasteiger partial charge in [-0.3, -0.25) is 14.8 Å². The van der Waals surface area contributed by atoms with Crippen molar-refractivity contribution in [2.24, 2.45) is 15.9 Å². The van der Waals surface area contributed by atoms with E-state index in [0.29, 0.717) is 22.8 Å². The molecule has 8 heteroatoms. The molecule has 218 valence electrons. The summed E-state index contributed by atoms with van der Waals surface area (Å²) in [5.74, 6) is 0.833. The topological polar surface area (TPSA) is 115 Å². The summed E-state index contributed by atoms with van der Waals surface area (Å²) in [4.78, 5) is 19.4. The van der Waals surface area contributed by atoms with Gasteiger partial charge in [0.25, 0.3) is 0 Å². The zero-order valence-corrected chi connectivity index (χ0v) is 26.1. The van der Waals surface area contributed by atoms with Crippen LogP contribution in [0.3, 0.4) is 0 Å². The van der Waals surface area contributed by atoms with Crippen molar-refractivity contribution in [2.75, 3.05) is 13.6 Å². The Morgan fingerprint density at radius 2 is 1.75 bits per heavy atom. The van der Waals surface area contributed by atoms with Gasteiger partial charge in [-0.1, -0.05) is 51.3 Å². The summed E-state index contributed by atoms with van der Waals surface area (Å²) in [6, 6.07) is 11.5. The van der Waals surface area contributed by atoms with Crippen molar-refractivity contribution < 1.29 is 20.1 Å². The third-order valence-electron chi connectivity index (χ3n) is 6.13. The van der Waals surface area contributed by atoms with Gasteiger partial charge in [-0.25, -0.2) is 0 Å². The lowest BCUT2D eigenvalue weighted by atomic mass is 9.99. The van der Waals surface area contributed by atoms with Gasteiger partial charge in [0, 0.05) is 49.1 Å². The van der Waals surface area contributed by atoms with Crippen LogP contribution < -0.4 is 5.32 Å². The third kappa shape index (κ3) is 13.1. The fraction of sp³-hybridized carbons (Fsp3) is 0.406. The number of nitrogens with zero attached hydrogens (tertiary/aromatic N) is 2. The van der Waals surface area contributed by atoms with Gasteiger partial charge >= 0.3 is 0 Å². The number of benzene rings is 2. The van der Waals surface area contributed by atoms with Crippen LogP contribution in [0.1, 0.15) is 71.4 Å². The highest BCUT2D eigenvalue weighted by atomic mass is 79.9. The minimum absolute atomic E-state index is 0.000183. The molecule has 0 radical (unpaired) electrons. The standard InChI is InChI=1S/C23H34BrN3O.C9H10O3/c1-6-8-11-19(7-2)15-26-17(3)14-22(20-12-9-10-13-23(20)28)27-18(4)21(24)16-25-5;1-6(10)4-7-2-3-8(11)5-9(7)12/h9-10,12-14,16,19,26,28H,6-8,11,15H2,1-5H3;2-3,5,11-12H,4H2,1H3/b17-14+,21-18-,25-16?,27-22-;. The van der Waals surface area contributed by atoms with E-state index in [-0.39, 0.29) is 29.5 Å². The van der Waals surface area contributed by atoms with E-state index in [4.69, 9.17) is 10.1 Å². The molecule has 4 N–H and O–H groups in total. The van der Waals surface area contributed by atoms with Crippen LogP contribution >= 0.6 is 15.9 Å². The molecule has 0 bridgehead atoms. The molecule has 2 aromatic carbocycles. The van der Waals surface area contributed by atoms with E-state index in [1.165, 1.54) is 50.8 Å². The number of phenols is 3. The first-order valence-corrected chi connectivity index (χ1v) is 14.4. The summed E-state index contributed by atoms with van der Waals surface area (Å²) in [5, 5.41) is 32.0. The number of nitrogens with one attached hydrogen (secondary N) is 1. The largest absolute Gasteiger partial charge is 0.508 e. The van der Waals surface area contributed by atoms with Gasteiger partial charge in [0.2, 0.25) is 0 Å². The first kappa shape index (κ1) is 34.6. The van der Waals surface area contributed by atoms with Crippen molar-refractivity contribution in [2.45, 2.75) is 66.7 Å². The molecule has 0 fully saturated rings. The second kappa shape index (κ2) is 18.8. The number of phenolic OH excluding ortho intramolecular Hbond substituents is 3. The number of rotatable bonds is 13. The number of ketones is 1. The molecular weight excluding hydrogens is 570 g/mol. The van der Waals surface area contributed by atoms with Gasteiger partial charge in [0.1, 0.15) is 23.0 Å². The van der Waals surface area contributed by atoms with Gasteiger partial charge in [-0.15, -0.1) is 0 Å². The van der Waals surface area contributed by atoms with Crippen LogP contribution in [0, 0.1) is 5.92 Å². The monoisotopic (exact) mass is 613 g/mol. The molecule has 1 unspecified atom stereocenters. The molecule has 0 saturated carbocycles. The van der Waals surface area contributed by atoms with Gasteiger partial charge in [-0.2, -0.15) is 0 Å². The molecule has 0 aromatic heterocycles. The van der Waals surface area contributed by atoms with Crippen LogP contribution in [0.25, 0.3) is 0 Å². The molecule has 1 atom stereocenters. The second-order valence-corrected chi connectivity index (χ2v) is 10.5. The Balaban J connectivity index is 0.000000552. The van der Waals surface area contributed by atoms with Crippen LogP contribution in [0.5, 0.6) is 17.2 Å². The van der Waals surface area contributed by atoms with E-state index in [1.54, 1.807) is 19.3 Å². The molecule has 0 spiro atoms. The smallest absolute Gasteiger partial charge is 0.134 e. The molecule has 0 heterocycles. The summed E-state index contributed by atoms with van der Waals surface area (Å²) < 4.78 is 0.813. The van der Waals surface area contributed by atoms with E-state index in [9.17, 15) is 15.0 Å². The summed E-state index contributed by atoms with van der Waals surface area (Å²) in [6.45, 7) is 10.8. The number of halogens is 1. The molecule has 2 aromatic rings. The molecule has 0 aliphatic carbocycles. The molecule has 0 amide bonds. The highest BCUT2D eigenvalue weighted by Gasteiger charge is 2.10. The predicted molar refractivity (Wildman–Crippen MR) is 170 cm³/mol. The van der Waals surface area contributed by atoms with Crippen LogP contribution in [0.2, 0.25) is 0 Å². The number of hydrogen-bond donors (Lipinski definition) is 4. The van der Waals surface area contributed by atoms with Gasteiger partial charge in [0.05, 0.1) is 15.9 Å². The lowest BCUT2D eigenvalue weighted by Gasteiger charge is -2.17. The number of aromatic hydroxyl groups is 3. The Morgan fingerprint density at radius 3 is 2.33 bits per heavy atom. The SMILES string of the molecule is CC(=O)Cc1ccc(O)cc1O.CCCCC(CC)CN/C(C)=C/C(=N/C(C)=C(\Br)C=NC)c1ccccc1O. The Kier molecular flexibility index (Phi) is 16.3. The number of unbranched alkanes of at least 4 members (excludes halogenated alkanes) is 1. The molecule has 0 aliphatic heterocycles. The Hall–Kier alpha value is -3.39. The highest BCUT2D eigenvalue weighted by Crippen LogP contribution is 2.23. The zero-order chi connectivity index (χ0) is 30.1. The van der Waals surface area contributed by atoms with Crippen molar-refractivity contribution >= 4 is 33.6 Å². The Labute approximate surface area is 247 Å². The minimum Gasteiger partial charge on any atom is -0.508 e. The average Bonchev–Trinajstić information content (AvgIpc) is 2.90. The first-order valence-electron chi connectivity index (χ1n) is 13.6. The number of aliphatic imine (C=N–C) groups is 2. The first-order chi connectivity index (χ1) is 19.0. The van der Waals surface area contributed by atoms with Gasteiger partial charge < -0.3 is 20.6 Å². The number of carbonyl (C=O) groups is 1. The van der Waals surface area contributed by atoms with Crippen molar-refractivity contribution in [3.05, 3.63) is 75.5 Å². The summed E-state index contributed by atoms with van der Waals surface area (Å²) in [7, 11) is 1.72. The van der Waals surface area contributed by atoms with Crippen molar-refractivity contribution in [1.29, 1.82) is 0 Å². The molecule has 7 nitrogen and oxygen atoms in total. The van der Waals surface area contributed by atoms with Crippen LogP contribution in [-0.2, 0) is 11.2 Å². The van der Waals surface area contributed by atoms with Gasteiger partial charge in [0.15, 0.2) is 0 Å². The van der Waals surface area contributed by atoms with E-state index in [0.717, 1.165) is 22.4 Å². The third-order valence-corrected chi connectivity index (χ3v) is 6.91. The molecule has 0 aliphatic rings. The number of carbonyl (C=O) groups excluding carboxylic acids is 1. The van der Waals surface area contributed by atoms with Crippen molar-refractivity contribution in [3.63, 3.8) is 0 Å². The summed E-state index contributed by atoms with van der Waals surface area (Å²) in [6.07, 6.45) is 8.84. The van der Waals surface area contributed by atoms with Gasteiger partial charge in [-0.05, 0) is 73.3 Å². The Morgan fingerprint density at radius 1 is 1.05 bits per heavy atom. The van der Waals surface area contributed by atoms with Crippen LogP contribution in [-0.4, -0.2) is 46.6 Å². The van der Waals surface area contributed by atoms with Crippen molar-refractivity contribution in [1.82, 2.24) is 5.32 Å². The Bertz CT molecular complexity index is 1220. The summed E-state index contributed by atoms with van der Waals surface area (Å²) in [5.41, 5.74) is 3.78. The fourth-order valence-electron chi connectivity index (χ4n) is 3.78. The summed E-state index contributed by atoms with van der Waals surface area (Å²) >= 11 is 3.50. The number of allylic oxidation sites excluding steroid dienone is 4. The number of para-hydroxylation sites is 1. The average molecular weight is 615 g/mol. The second-order valence-electron chi connectivity index (χ2n) is 9.65. The van der Waals surface area contributed by atoms with Crippen LogP contribution in [0.4, 0.5) is 0 Å². The number of Topliss-reactive ketones (excluding diaryl/α,β-unsaturated/α-hetero) is 1. The zero-order valence-electron chi connectivity index (χ0n) is 24.5. The number of hydrogen-bond acceptors (Lipinski definition) is 7.